The van der Waals surface area contributed by atoms with Crippen molar-refractivity contribution in [1.29, 1.82) is 0 Å². The van der Waals surface area contributed by atoms with Gasteiger partial charge in [0, 0.05) is 6.61 Å². The lowest BCUT2D eigenvalue weighted by Gasteiger charge is -2.64. The van der Waals surface area contributed by atoms with Gasteiger partial charge in [-0.15, -0.1) is 0 Å². The van der Waals surface area contributed by atoms with E-state index in [9.17, 15) is 10.2 Å². The van der Waals surface area contributed by atoms with Gasteiger partial charge in [-0.05, 0) is 91.8 Å². The Kier molecular flexibility index (Phi) is 4.12. The summed E-state index contributed by atoms with van der Waals surface area (Å²) in [5.41, 5.74) is 0.192. The van der Waals surface area contributed by atoms with Gasteiger partial charge in [0.15, 0.2) is 0 Å². The van der Waals surface area contributed by atoms with Gasteiger partial charge in [0.05, 0.1) is 5.60 Å². The summed E-state index contributed by atoms with van der Waals surface area (Å²) in [4.78, 5) is 0. The fourth-order valence-electron chi connectivity index (χ4n) is 8.47. The lowest BCUT2D eigenvalue weighted by Crippen LogP contribution is -2.63. The first-order chi connectivity index (χ1) is 11.4. The molecule has 4 saturated carbocycles. The van der Waals surface area contributed by atoms with Gasteiger partial charge in [-0.25, -0.2) is 0 Å². The zero-order chi connectivity index (χ0) is 17.2. The van der Waals surface area contributed by atoms with Crippen LogP contribution in [0.2, 0.25) is 0 Å². The van der Waals surface area contributed by atoms with Gasteiger partial charge < -0.3 is 10.2 Å². The van der Waals surface area contributed by atoms with Crippen LogP contribution >= 0.6 is 0 Å². The molecule has 8 atom stereocenters. The molecule has 0 spiro atoms. The van der Waals surface area contributed by atoms with Crippen LogP contribution < -0.4 is 0 Å². The fourth-order valence-corrected chi connectivity index (χ4v) is 8.47. The molecule has 0 aromatic rings. The number of rotatable bonds is 2. The molecule has 138 valence electrons. The number of fused-ring (bicyclic) bond motifs is 5. The molecule has 0 aromatic heterocycles. The topological polar surface area (TPSA) is 40.5 Å². The molecule has 4 aliphatic rings. The van der Waals surface area contributed by atoms with Crippen LogP contribution in [0.25, 0.3) is 0 Å². The molecular weight excluding hydrogens is 296 g/mol. The van der Waals surface area contributed by atoms with E-state index in [1.807, 2.05) is 0 Å². The van der Waals surface area contributed by atoms with Gasteiger partial charge in [-0.2, -0.15) is 0 Å². The minimum Gasteiger partial charge on any atom is -0.396 e. The maximum atomic E-state index is 12.0. The Hall–Kier alpha value is -0.0800. The summed E-state index contributed by atoms with van der Waals surface area (Å²) in [6.07, 6.45) is 12.7. The Morgan fingerprint density at radius 2 is 1.62 bits per heavy atom. The summed E-state index contributed by atoms with van der Waals surface area (Å²) in [5.74, 6) is 2.80. The Morgan fingerprint density at radius 1 is 0.875 bits per heavy atom. The maximum Gasteiger partial charge on any atom is 0.0714 e. The van der Waals surface area contributed by atoms with Gasteiger partial charge >= 0.3 is 0 Å². The molecule has 4 rings (SSSR count). The van der Waals surface area contributed by atoms with Crippen molar-refractivity contribution in [3.8, 4) is 0 Å². The first-order valence-electron chi connectivity index (χ1n) is 10.7. The summed E-state index contributed by atoms with van der Waals surface area (Å²) in [7, 11) is 0. The van der Waals surface area contributed by atoms with E-state index in [1.54, 1.807) is 0 Å². The second-order valence-corrected chi connectivity index (χ2v) is 10.5. The van der Waals surface area contributed by atoms with E-state index < -0.39 is 5.60 Å². The molecule has 0 saturated heterocycles. The van der Waals surface area contributed by atoms with E-state index >= 15 is 0 Å². The highest BCUT2D eigenvalue weighted by atomic mass is 16.3. The Labute approximate surface area is 148 Å². The zero-order valence-electron chi connectivity index (χ0n) is 16.1. The molecule has 2 N–H and O–H groups in total. The SMILES string of the molecule is C[C@H](CO)[C@H]1CC[C@@H]2[C@]1(C)CC[C@H]1[C@@]2(O)CCC2CCCC[C@@]21C. The van der Waals surface area contributed by atoms with Gasteiger partial charge in [-0.1, -0.05) is 33.6 Å². The quantitative estimate of drug-likeness (QED) is 0.763. The van der Waals surface area contributed by atoms with Crippen LogP contribution in [0.15, 0.2) is 0 Å². The molecule has 2 heteroatoms. The van der Waals surface area contributed by atoms with Gasteiger partial charge in [0.25, 0.3) is 0 Å². The van der Waals surface area contributed by atoms with E-state index in [2.05, 4.69) is 20.8 Å². The van der Waals surface area contributed by atoms with E-state index in [0.717, 1.165) is 12.3 Å². The van der Waals surface area contributed by atoms with Crippen LogP contribution in [0, 0.1) is 40.4 Å². The van der Waals surface area contributed by atoms with Crippen molar-refractivity contribution in [2.75, 3.05) is 6.61 Å². The average Bonchev–Trinajstić information content (AvgIpc) is 2.92. The second kappa shape index (κ2) is 5.71. The molecule has 1 unspecified atom stereocenters. The molecule has 0 amide bonds. The summed E-state index contributed by atoms with van der Waals surface area (Å²) in [5, 5.41) is 21.8. The Morgan fingerprint density at radius 3 is 2.38 bits per heavy atom. The first kappa shape index (κ1) is 17.3. The van der Waals surface area contributed by atoms with Crippen molar-refractivity contribution in [3.63, 3.8) is 0 Å². The number of hydrogen-bond acceptors (Lipinski definition) is 2. The molecule has 0 aliphatic heterocycles. The molecular formula is C22H38O2. The van der Waals surface area contributed by atoms with E-state index in [4.69, 9.17) is 0 Å². The highest BCUT2D eigenvalue weighted by Gasteiger charge is 2.66. The second-order valence-electron chi connectivity index (χ2n) is 10.5. The van der Waals surface area contributed by atoms with Crippen molar-refractivity contribution in [2.24, 2.45) is 40.4 Å². The Balaban J connectivity index is 1.67. The predicted octanol–water partition coefficient (Wildman–Crippen LogP) is 4.78. The third kappa shape index (κ3) is 2.14. The van der Waals surface area contributed by atoms with E-state index in [-0.39, 0.29) is 5.41 Å². The van der Waals surface area contributed by atoms with Gasteiger partial charge in [0.2, 0.25) is 0 Å². The first-order valence-corrected chi connectivity index (χ1v) is 10.7. The van der Waals surface area contributed by atoms with Crippen molar-refractivity contribution < 1.29 is 10.2 Å². The third-order valence-corrected chi connectivity index (χ3v) is 9.70. The lowest BCUT2D eigenvalue weighted by molar-refractivity contribution is -0.222. The standard InChI is InChI=1S/C22H38O2/c1-15(14-23)17-7-8-18-21(17,3)12-10-19-20(2)11-5-4-6-16(20)9-13-22(18,19)24/h15-19,23-24H,4-14H2,1-3H3/t15-,16?,17-,18-,19-,20+,21-,22-/m1/s1. The zero-order valence-corrected chi connectivity index (χ0v) is 16.1. The summed E-state index contributed by atoms with van der Waals surface area (Å²) in [6.45, 7) is 7.49. The summed E-state index contributed by atoms with van der Waals surface area (Å²) >= 11 is 0. The molecule has 24 heavy (non-hydrogen) atoms. The largest absolute Gasteiger partial charge is 0.396 e. The van der Waals surface area contributed by atoms with Crippen LogP contribution in [-0.4, -0.2) is 22.4 Å². The molecule has 4 fully saturated rings. The van der Waals surface area contributed by atoms with Crippen molar-refractivity contribution in [1.82, 2.24) is 0 Å². The van der Waals surface area contributed by atoms with E-state index in [1.165, 1.54) is 57.8 Å². The monoisotopic (exact) mass is 334 g/mol. The smallest absolute Gasteiger partial charge is 0.0714 e. The molecule has 2 nitrogen and oxygen atoms in total. The fraction of sp³-hybridized carbons (Fsp3) is 1.00. The maximum absolute atomic E-state index is 12.0. The molecule has 0 radical (unpaired) electrons. The van der Waals surface area contributed by atoms with Crippen LogP contribution in [0.1, 0.15) is 85.0 Å². The Bertz CT molecular complexity index is 490. The summed E-state index contributed by atoms with van der Waals surface area (Å²) in [6, 6.07) is 0. The van der Waals surface area contributed by atoms with Gasteiger partial charge in [-0.3, -0.25) is 0 Å². The van der Waals surface area contributed by atoms with Crippen LogP contribution in [0.4, 0.5) is 0 Å². The minimum absolute atomic E-state index is 0.241. The number of aliphatic hydroxyl groups is 2. The molecule has 0 aromatic carbocycles. The highest BCUT2D eigenvalue weighted by Crippen LogP contribution is 2.69. The normalized spacial score (nSPS) is 55.4. The molecule has 0 heterocycles. The van der Waals surface area contributed by atoms with E-state index in [0.29, 0.717) is 35.7 Å². The van der Waals surface area contributed by atoms with Crippen molar-refractivity contribution in [3.05, 3.63) is 0 Å². The van der Waals surface area contributed by atoms with Gasteiger partial charge in [0.1, 0.15) is 0 Å². The van der Waals surface area contributed by atoms with Crippen molar-refractivity contribution >= 4 is 0 Å². The summed E-state index contributed by atoms with van der Waals surface area (Å²) < 4.78 is 0. The predicted molar refractivity (Wildman–Crippen MR) is 97.5 cm³/mol. The molecule has 4 aliphatic carbocycles. The average molecular weight is 335 g/mol. The lowest BCUT2D eigenvalue weighted by atomic mass is 9.43. The van der Waals surface area contributed by atoms with Crippen LogP contribution in [0.5, 0.6) is 0 Å². The third-order valence-electron chi connectivity index (χ3n) is 9.70. The van der Waals surface area contributed by atoms with Crippen LogP contribution in [-0.2, 0) is 0 Å². The van der Waals surface area contributed by atoms with Crippen molar-refractivity contribution in [2.45, 2.75) is 90.6 Å². The van der Waals surface area contributed by atoms with Crippen LogP contribution in [0.3, 0.4) is 0 Å². The molecule has 0 bridgehead atoms. The minimum atomic E-state index is -0.431. The number of hydrogen-bond donors (Lipinski definition) is 2. The highest BCUT2D eigenvalue weighted by molar-refractivity contribution is 5.16. The number of aliphatic hydroxyl groups excluding tert-OH is 1.